The third-order valence-electron chi connectivity index (χ3n) is 4.59. The Hall–Kier alpha value is -0.870. The molecule has 0 atom stereocenters. The van der Waals surface area contributed by atoms with Crippen molar-refractivity contribution in [3.05, 3.63) is 17.0 Å². The first-order valence-corrected chi connectivity index (χ1v) is 7.61. The van der Waals surface area contributed by atoms with E-state index in [0.717, 1.165) is 19.0 Å². The van der Waals surface area contributed by atoms with Crippen molar-refractivity contribution in [1.82, 2.24) is 20.0 Å². The van der Waals surface area contributed by atoms with Crippen molar-refractivity contribution in [2.24, 2.45) is 5.92 Å². The van der Waals surface area contributed by atoms with Crippen LogP contribution in [0, 0.1) is 5.92 Å². The number of aromatic amines is 1. The minimum atomic E-state index is 0.572. The molecule has 4 nitrogen and oxygen atoms in total. The summed E-state index contributed by atoms with van der Waals surface area (Å²) in [6, 6.07) is 0.572. The van der Waals surface area contributed by atoms with Gasteiger partial charge in [-0.2, -0.15) is 5.10 Å². The van der Waals surface area contributed by atoms with Gasteiger partial charge >= 0.3 is 0 Å². The standard InChI is InChI=1S/C15H26N4/c1-11(2)18(3)9-14-13-6-7-19(8-12-4-5-12)10-15(13)17-16-14/h11-12H,4-10H2,1-3H3,(H,16,17). The molecule has 0 unspecified atom stereocenters. The molecule has 2 aliphatic rings. The average Bonchev–Trinajstić information content (AvgIpc) is 3.10. The largest absolute Gasteiger partial charge is 0.298 e. The Morgan fingerprint density at radius 2 is 2.21 bits per heavy atom. The van der Waals surface area contributed by atoms with E-state index in [2.05, 4.69) is 40.9 Å². The summed E-state index contributed by atoms with van der Waals surface area (Å²) in [7, 11) is 2.17. The van der Waals surface area contributed by atoms with Crippen molar-refractivity contribution >= 4 is 0 Å². The fourth-order valence-corrected chi connectivity index (χ4v) is 2.81. The molecule has 1 fully saturated rings. The van der Waals surface area contributed by atoms with Gasteiger partial charge in [-0.1, -0.05) is 0 Å². The predicted molar refractivity (Wildman–Crippen MR) is 76.9 cm³/mol. The summed E-state index contributed by atoms with van der Waals surface area (Å²) >= 11 is 0. The number of rotatable bonds is 5. The van der Waals surface area contributed by atoms with E-state index in [0.29, 0.717) is 6.04 Å². The molecule has 1 aliphatic carbocycles. The number of H-pyrrole nitrogens is 1. The van der Waals surface area contributed by atoms with Gasteiger partial charge in [0.15, 0.2) is 0 Å². The molecule has 19 heavy (non-hydrogen) atoms. The van der Waals surface area contributed by atoms with Crippen molar-refractivity contribution < 1.29 is 0 Å². The summed E-state index contributed by atoms with van der Waals surface area (Å²) in [5, 5.41) is 7.83. The first kappa shape index (κ1) is 13.1. The fraction of sp³-hybridized carbons (Fsp3) is 0.800. The van der Waals surface area contributed by atoms with Gasteiger partial charge in [-0.3, -0.25) is 14.9 Å². The van der Waals surface area contributed by atoms with Crippen LogP contribution < -0.4 is 0 Å². The minimum absolute atomic E-state index is 0.572. The Bertz CT molecular complexity index is 433. The first-order chi connectivity index (χ1) is 9.13. The van der Waals surface area contributed by atoms with Crippen LogP contribution in [-0.2, 0) is 19.5 Å². The topological polar surface area (TPSA) is 35.2 Å². The highest BCUT2D eigenvalue weighted by atomic mass is 15.2. The van der Waals surface area contributed by atoms with Crippen LogP contribution in [0.25, 0.3) is 0 Å². The number of nitrogens with zero attached hydrogens (tertiary/aromatic N) is 3. The molecule has 0 bridgehead atoms. The van der Waals surface area contributed by atoms with Crippen LogP contribution in [0.3, 0.4) is 0 Å². The highest BCUT2D eigenvalue weighted by molar-refractivity contribution is 5.27. The first-order valence-electron chi connectivity index (χ1n) is 7.61. The van der Waals surface area contributed by atoms with Gasteiger partial charge in [-0.05, 0) is 46.1 Å². The van der Waals surface area contributed by atoms with Crippen molar-refractivity contribution in [1.29, 1.82) is 0 Å². The zero-order valence-corrected chi connectivity index (χ0v) is 12.4. The van der Waals surface area contributed by atoms with Crippen LogP contribution in [0.15, 0.2) is 0 Å². The zero-order chi connectivity index (χ0) is 13.4. The van der Waals surface area contributed by atoms with E-state index in [-0.39, 0.29) is 0 Å². The summed E-state index contributed by atoms with van der Waals surface area (Å²) < 4.78 is 0. The second kappa shape index (κ2) is 5.25. The maximum Gasteiger partial charge on any atom is 0.0798 e. The molecule has 1 N–H and O–H groups in total. The summed E-state index contributed by atoms with van der Waals surface area (Å²) in [5.74, 6) is 0.982. The Morgan fingerprint density at radius 3 is 2.89 bits per heavy atom. The van der Waals surface area contributed by atoms with Crippen LogP contribution in [-0.4, -0.2) is 46.2 Å². The number of fused-ring (bicyclic) bond motifs is 1. The molecule has 4 heteroatoms. The molecule has 1 aromatic rings. The maximum absolute atomic E-state index is 4.56. The molecule has 0 spiro atoms. The Balaban J connectivity index is 1.65. The smallest absolute Gasteiger partial charge is 0.0798 e. The third-order valence-corrected chi connectivity index (χ3v) is 4.59. The number of hydrogen-bond donors (Lipinski definition) is 1. The third kappa shape index (κ3) is 3.00. The van der Waals surface area contributed by atoms with E-state index in [9.17, 15) is 0 Å². The van der Waals surface area contributed by atoms with Crippen molar-refractivity contribution in [2.45, 2.75) is 52.2 Å². The molecule has 1 aromatic heterocycles. The van der Waals surface area contributed by atoms with E-state index in [4.69, 9.17) is 0 Å². The maximum atomic E-state index is 4.56. The second-order valence-corrected chi connectivity index (χ2v) is 6.56. The molecule has 3 rings (SSSR count). The molecule has 0 saturated heterocycles. The van der Waals surface area contributed by atoms with Gasteiger partial charge in [-0.25, -0.2) is 0 Å². The fourth-order valence-electron chi connectivity index (χ4n) is 2.81. The summed E-state index contributed by atoms with van der Waals surface area (Å²) in [4.78, 5) is 4.95. The highest BCUT2D eigenvalue weighted by Crippen LogP contribution is 2.31. The quantitative estimate of drug-likeness (QED) is 0.881. The van der Waals surface area contributed by atoms with Gasteiger partial charge in [0.05, 0.1) is 11.4 Å². The number of hydrogen-bond acceptors (Lipinski definition) is 3. The lowest BCUT2D eigenvalue weighted by Crippen LogP contribution is -2.33. The second-order valence-electron chi connectivity index (χ2n) is 6.56. The number of nitrogens with one attached hydrogen (secondary N) is 1. The van der Waals surface area contributed by atoms with Crippen LogP contribution in [0.2, 0.25) is 0 Å². The molecule has 0 amide bonds. The summed E-state index contributed by atoms with van der Waals surface area (Å²) in [6.45, 7) is 9.00. The van der Waals surface area contributed by atoms with E-state index >= 15 is 0 Å². The van der Waals surface area contributed by atoms with Crippen molar-refractivity contribution in [3.63, 3.8) is 0 Å². The van der Waals surface area contributed by atoms with Gasteiger partial charge in [0.1, 0.15) is 0 Å². The molecule has 1 aliphatic heterocycles. The molecule has 0 aromatic carbocycles. The SMILES string of the molecule is CC(C)N(C)Cc1n[nH]c2c1CCN(CC1CC1)C2. The monoisotopic (exact) mass is 262 g/mol. The number of aromatic nitrogens is 2. The Labute approximate surface area is 116 Å². The Morgan fingerprint density at radius 1 is 1.42 bits per heavy atom. The van der Waals surface area contributed by atoms with E-state index < -0.39 is 0 Å². The molecule has 1 saturated carbocycles. The highest BCUT2D eigenvalue weighted by Gasteiger charge is 2.28. The van der Waals surface area contributed by atoms with E-state index in [1.807, 2.05) is 0 Å². The van der Waals surface area contributed by atoms with E-state index in [1.165, 1.54) is 49.3 Å². The minimum Gasteiger partial charge on any atom is -0.298 e. The average molecular weight is 262 g/mol. The molecule has 106 valence electrons. The lowest BCUT2D eigenvalue weighted by Gasteiger charge is -2.27. The molecular weight excluding hydrogens is 236 g/mol. The lowest BCUT2D eigenvalue weighted by molar-refractivity contribution is 0.238. The normalized spacial score (nSPS) is 20.3. The summed E-state index contributed by atoms with van der Waals surface area (Å²) in [5.41, 5.74) is 4.11. The van der Waals surface area contributed by atoms with E-state index in [1.54, 1.807) is 0 Å². The van der Waals surface area contributed by atoms with Gasteiger partial charge in [0.2, 0.25) is 0 Å². The zero-order valence-electron chi connectivity index (χ0n) is 12.4. The van der Waals surface area contributed by atoms with Crippen LogP contribution in [0.4, 0.5) is 0 Å². The van der Waals surface area contributed by atoms with Gasteiger partial charge in [-0.15, -0.1) is 0 Å². The predicted octanol–water partition coefficient (Wildman–Crippen LogP) is 2.02. The molecular formula is C15H26N4. The van der Waals surface area contributed by atoms with Crippen molar-refractivity contribution in [2.75, 3.05) is 20.1 Å². The van der Waals surface area contributed by atoms with Crippen LogP contribution in [0.1, 0.15) is 43.6 Å². The van der Waals surface area contributed by atoms with Gasteiger partial charge in [0, 0.05) is 37.8 Å². The lowest BCUT2D eigenvalue weighted by atomic mass is 10.0. The summed E-state index contributed by atoms with van der Waals surface area (Å²) in [6.07, 6.45) is 4.05. The van der Waals surface area contributed by atoms with Crippen LogP contribution in [0.5, 0.6) is 0 Å². The Kier molecular flexibility index (Phi) is 3.63. The molecule has 2 heterocycles. The van der Waals surface area contributed by atoms with Gasteiger partial charge in [0.25, 0.3) is 0 Å². The van der Waals surface area contributed by atoms with Crippen molar-refractivity contribution in [3.8, 4) is 0 Å². The van der Waals surface area contributed by atoms with Crippen LogP contribution >= 0.6 is 0 Å². The van der Waals surface area contributed by atoms with Gasteiger partial charge < -0.3 is 0 Å². The molecule has 0 radical (unpaired) electrons.